The standard InChI is InChI=1S/C15H22N2O/c16-9-12-4-3-7-17(10-12)11-14-8-13-5-1-2-6-15(13)18-14/h1-2,5-6,12,14H,3-4,7-11,16H2. The van der Waals surface area contributed by atoms with Gasteiger partial charge in [0.2, 0.25) is 0 Å². The highest BCUT2D eigenvalue weighted by molar-refractivity contribution is 5.37. The second-order valence-corrected chi connectivity index (χ2v) is 5.56. The SMILES string of the molecule is NCC1CCCN(CC2Cc3ccccc3O2)C1. The number of benzene rings is 1. The van der Waals surface area contributed by atoms with E-state index in [4.69, 9.17) is 10.5 Å². The first kappa shape index (κ1) is 12.0. The molecule has 2 unspecified atom stereocenters. The number of hydrogen-bond donors (Lipinski definition) is 1. The third-order valence-electron chi connectivity index (χ3n) is 4.11. The molecule has 2 aliphatic heterocycles. The van der Waals surface area contributed by atoms with Crippen molar-refractivity contribution in [1.29, 1.82) is 0 Å². The van der Waals surface area contributed by atoms with Gasteiger partial charge in [0.1, 0.15) is 11.9 Å². The van der Waals surface area contributed by atoms with Crippen molar-refractivity contribution in [2.75, 3.05) is 26.2 Å². The van der Waals surface area contributed by atoms with Crippen LogP contribution >= 0.6 is 0 Å². The van der Waals surface area contributed by atoms with Gasteiger partial charge in [-0.05, 0) is 43.5 Å². The summed E-state index contributed by atoms with van der Waals surface area (Å²) in [5.41, 5.74) is 7.14. The fourth-order valence-electron chi connectivity index (χ4n) is 3.15. The van der Waals surface area contributed by atoms with E-state index in [-0.39, 0.29) is 0 Å². The van der Waals surface area contributed by atoms with Gasteiger partial charge in [-0.15, -0.1) is 0 Å². The van der Waals surface area contributed by atoms with E-state index < -0.39 is 0 Å². The van der Waals surface area contributed by atoms with E-state index >= 15 is 0 Å². The average molecular weight is 246 g/mol. The minimum atomic E-state index is 0.332. The third kappa shape index (κ3) is 2.52. The maximum Gasteiger partial charge on any atom is 0.123 e. The Bertz CT molecular complexity index is 382. The normalized spacial score (nSPS) is 27.8. The van der Waals surface area contributed by atoms with Gasteiger partial charge in [-0.2, -0.15) is 0 Å². The first-order chi connectivity index (χ1) is 8.85. The summed E-state index contributed by atoms with van der Waals surface area (Å²) in [4.78, 5) is 2.53. The number of nitrogens with zero attached hydrogens (tertiary/aromatic N) is 1. The highest BCUT2D eigenvalue weighted by atomic mass is 16.5. The highest BCUT2D eigenvalue weighted by Crippen LogP contribution is 2.29. The molecule has 2 aliphatic rings. The number of fused-ring (bicyclic) bond motifs is 1. The molecular formula is C15H22N2O. The largest absolute Gasteiger partial charge is 0.488 e. The van der Waals surface area contributed by atoms with Gasteiger partial charge in [0.25, 0.3) is 0 Å². The molecule has 0 aromatic heterocycles. The molecule has 2 N–H and O–H groups in total. The lowest BCUT2D eigenvalue weighted by Crippen LogP contribution is -2.43. The predicted molar refractivity (Wildman–Crippen MR) is 72.8 cm³/mol. The van der Waals surface area contributed by atoms with Gasteiger partial charge in [-0.3, -0.25) is 4.90 Å². The molecule has 2 heterocycles. The van der Waals surface area contributed by atoms with Crippen LogP contribution in [0.3, 0.4) is 0 Å². The zero-order valence-electron chi connectivity index (χ0n) is 10.8. The van der Waals surface area contributed by atoms with Gasteiger partial charge in [0.15, 0.2) is 0 Å². The molecule has 1 saturated heterocycles. The number of hydrogen-bond acceptors (Lipinski definition) is 3. The number of likely N-dealkylation sites (tertiary alicyclic amines) is 1. The Hall–Kier alpha value is -1.06. The first-order valence-corrected chi connectivity index (χ1v) is 7.02. The summed E-state index contributed by atoms with van der Waals surface area (Å²) >= 11 is 0. The number of ether oxygens (including phenoxy) is 1. The Balaban J connectivity index is 1.56. The van der Waals surface area contributed by atoms with Crippen LogP contribution in [0, 0.1) is 5.92 Å². The molecule has 3 nitrogen and oxygen atoms in total. The number of rotatable bonds is 3. The van der Waals surface area contributed by atoms with Gasteiger partial charge in [0, 0.05) is 19.5 Å². The molecule has 1 aromatic carbocycles. The van der Waals surface area contributed by atoms with Gasteiger partial charge in [-0.1, -0.05) is 18.2 Å². The number of piperidine rings is 1. The van der Waals surface area contributed by atoms with Crippen molar-refractivity contribution in [1.82, 2.24) is 4.90 Å². The minimum Gasteiger partial charge on any atom is -0.488 e. The highest BCUT2D eigenvalue weighted by Gasteiger charge is 2.26. The van der Waals surface area contributed by atoms with E-state index in [0.717, 1.165) is 31.8 Å². The lowest BCUT2D eigenvalue weighted by atomic mass is 9.98. The Labute approximate surface area is 109 Å². The average Bonchev–Trinajstić information content (AvgIpc) is 2.81. The topological polar surface area (TPSA) is 38.5 Å². The Morgan fingerprint density at radius 3 is 3.06 bits per heavy atom. The van der Waals surface area contributed by atoms with Gasteiger partial charge >= 0.3 is 0 Å². The molecule has 0 spiro atoms. The molecule has 3 heteroatoms. The van der Waals surface area contributed by atoms with Crippen LogP contribution in [0.1, 0.15) is 18.4 Å². The molecule has 18 heavy (non-hydrogen) atoms. The molecule has 3 rings (SSSR count). The molecule has 0 saturated carbocycles. The summed E-state index contributed by atoms with van der Waals surface area (Å²) in [5.74, 6) is 1.76. The fraction of sp³-hybridized carbons (Fsp3) is 0.600. The van der Waals surface area contributed by atoms with Crippen molar-refractivity contribution in [3.63, 3.8) is 0 Å². The molecule has 0 amide bonds. The van der Waals surface area contributed by atoms with E-state index in [0.29, 0.717) is 12.0 Å². The number of para-hydroxylation sites is 1. The lowest BCUT2D eigenvalue weighted by molar-refractivity contribution is 0.112. The van der Waals surface area contributed by atoms with Gasteiger partial charge in [0.05, 0.1) is 0 Å². The van der Waals surface area contributed by atoms with Crippen molar-refractivity contribution < 1.29 is 4.74 Å². The second kappa shape index (κ2) is 5.29. The Morgan fingerprint density at radius 2 is 2.22 bits per heavy atom. The van der Waals surface area contributed by atoms with E-state index in [1.165, 1.54) is 24.9 Å². The smallest absolute Gasteiger partial charge is 0.123 e. The Morgan fingerprint density at radius 1 is 1.33 bits per heavy atom. The van der Waals surface area contributed by atoms with Crippen LogP contribution in [0.25, 0.3) is 0 Å². The van der Waals surface area contributed by atoms with Crippen LogP contribution in [0.5, 0.6) is 5.75 Å². The first-order valence-electron chi connectivity index (χ1n) is 7.02. The zero-order valence-corrected chi connectivity index (χ0v) is 10.8. The van der Waals surface area contributed by atoms with E-state index in [9.17, 15) is 0 Å². The van der Waals surface area contributed by atoms with Crippen LogP contribution < -0.4 is 10.5 Å². The summed E-state index contributed by atoms with van der Waals surface area (Å²) < 4.78 is 6.01. The molecular weight excluding hydrogens is 224 g/mol. The number of nitrogens with two attached hydrogens (primary N) is 1. The molecule has 2 atom stereocenters. The molecule has 0 bridgehead atoms. The van der Waals surface area contributed by atoms with Crippen molar-refractivity contribution in [2.24, 2.45) is 11.7 Å². The van der Waals surface area contributed by atoms with Crippen LogP contribution in [0.2, 0.25) is 0 Å². The summed E-state index contributed by atoms with van der Waals surface area (Å²) in [6, 6.07) is 8.39. The van der Waals surface area contributed by atoms with Crippen molar-refractivity contribution in [2.45, 2.75) is 25.4 Å². The molecule has 0 radical (unpaired) electrons. The minimum absolute atomic E-state index is 0.332. The Kier molecular flexibility index (Phi) is 3.52. The van der Waals surface area contributed by atoms with Crippen molar-refractivity contribution in [3.05, 3.63) is 29.8 Å². The predicted octanol–water partition coefficient (Wildman–Crippen LogP) is 1.66. The van der Waals surface area contributed by atoms with Crippen molar-refractivity contribution in [3.8, 4) is 5.75 Å². The van der Waals surface area contributed by atoms with Crippen LogP contribution in [-0.2, 0) is 6.42 Å². The summed E-state index contributed by atoms with van der Waals surface area (Å²) in [6.07, 6.45) is 3.96. The molecule has 1 aromatic rings. The van der Waals surface area contributed by atoms with E-state index in [2.05, 4.69) is 23.1 Å². The van der Waals surface area contributed by atoms with Crippen molar-refractivity contribution >= 4 is 0 Å². The fourth-order valence-corrected chi connectivity index (χ4v) is 3.15. The summed E-state index contributed by atoms with van der Waals surface area (Å²) in [6.45, 7) is 4.22. The summed E-state index contributed by atoms with van der Waals surface area (Å²) in [5, 5.41) is 0. The zero-order chi connectivity index (χ0) is 12.4. The van der Waals surface area contributed by atoms with E-state index in [1.54, 1.807) is 0 Å². The van der Waals surface area contributed by atoms with Crippen LogP contribution in [-0.4, -0.2) is 37.2 Å². The van der Waals surface area contributed by atoms with Gasteiger partial charge < -0.3 is 10.5 Å². The third-order valence-corrected chi connectivity index (χ3v) is 4.11. The van der Waals surface area contributed by atoms with Crippen LogP contribution in [0.4, 0.5) is 0 Å². The monoisotopic (exact) mass is 246 g/mol. The quantitative estimate of drug-likeness (QED) is 0.881. The maximum absolute atomic E-state index is 6.01. The second-order valence-electron chi connectivity index (χ2n) is 5.56. The molecule has 98 valence electrons. The molecule has 1 fully saturated rings. The summed E-state index contributed by atoms with van der Waals surface area (Å²) in [7, 11) is 0. The van der Waals surface area contributed by atoms with Gasteiger partial charge in [-0.25, -0.2) is 0 Å². The van der Waals surface area contributed by atoms with E-state index in [1.807, 2.05) is 6.07 Å². The molecule has 0 aliphatic carbocycles. The maximum atomic E-state index is 6.01. The van der Waals surface area contributed by atoms with Crippen LogP contribution in [0.15, 0.2) is 24.3 Å². The lowest BCUT2D eigenvalue weighted by Gasteiger charge is -2.33.